The van der Waals surface area contributed by atoms with Gasteiger partial charge in [-0.1, -0.05) is 0 Å². The molecule has 124 valence electrons. The molecule has 7 nitrogen and oxygen atoms in total. The molecular weight excluding hydrogens is 304 g/mol. The maximum absolute atomic E-state index is 12.6. The van der Waals surface area contributed by atoms with E-state index in [1.54, 1.807) is 18.7 Å². The number of carbonyl (C=O) groups is 1. The summed E-state index contributed by atoms with van der Waals surface area (Å²) in [6, 6.07) is 0. The maximum Gasteiger partial charge on any atom is 0.274 e. The topological polar surface area (TPSA) is 75.1 Å². The third-order valence-corrected chi connectivity index (χ3v) is 4.74. The number of amides is 1. The van der Waals surface area contributed by atoms with Crippen LogP contribution in [0.4, 0.5) is 5.82 Å². The van der Waals surface area contributed by atoms with E-state index in [9.17, 15) is 4.79 Å². The Kier molecular flexibility index (Phi) is 4.06. The first-order chi connectivity index (χ1) is 11.8. The highest BCUT2D eigenvalue weighted by Crippen LogP contribution is 2.26. The van der Waals surface area contributed by atoms with E-state index in [1.807, 2.05) is 4.90 Å². The number of aromatic nitrogens is 4. The minimum atomic E-state index is -0.0633. The third kappa shape index (κ3) is 2.81. The van der Waals surface area contributed by atoms with E-state index in [-0.39, 0.29) is 5.91 Å². The van der Waals surface area contributed by atoms with Crippen LogP contribution in [0.3, 0.4) is 0 Å². The maximum atomic E-state index is 12.6. The van der Waals surface area contributed by atoms with Crippen LogP contribution in [0.5, 0.6) is 0 Å². The zero-order chi connectivity index (χ0) is 16.4. The van der Waals surface area contributed by atoms with Crippen molar-refractivity contribution < 1.29 is 4.79 Å². The molecule has 0 aromatic carbocycles. The number of fused-ring (bicyclic) bond motifs is 1. The second-order valence-electron chi connectivity index (χ2n) is 6.20. The number of hydrogen-bond acceptors (Lipinski definition) is 6. The molecule has 0 saturated carbocycles. The molecule has 0 N–H and O–H groups in total. The number of anilines is 1. The van der Waals surface area contributed by atoms with Crippen molar-refractivity contribution in [2.75, 3.05) is 31.1 Å². The van der Waals surface area contributed by atoms with Crippen LogP contribution in [0, 0.1) is 0 Å². The van der Waals surface area contributed by atoms with Crippen molar-refractivity contribution >= 4 is 11.7 Å². The van der Waals surface area contributed by atoms with Gasteiger partial charge in [0.1, 0.15) is 17.8 Å². The van der Waals surface area contributed by atoms with Crippen molar-refractivity contribution in [2.24, 2.45) is 0 Å². The Hall–Kier alpha value is -2.57. The third-order valence-electron chi connectivity index (χ3n) is 4.74. The zero-order valence-electron chi connectivity index (χ0n) is 13.6. The van der Waals surface area contributed by atoms with Crippen LogP contribution in [-0.4, -0.2) is 56.9 Å². The van der Waals surface area contributed by atoms with Crippen LogP contribution in [-0.2, 0) is 12.8 Å². The Morgan fingerprint density at radius 2 is 1.79 bits per heavy atom. The van der Waals surface area contributed by atoms with Gasteiger partial charge in [0.15, 0.2) is 0 Å². The van der Waals surface area contributed by atoms with Crippen molar-refractivity contribution in [3.63, 3.8) is 0 Å². The summed E-state index contributed by atoms with van der Waals surface area (Å²) < 4.78 is 0. The molecule has 1 fully saturated rings. The molecule has 2 aliphatic rings. The van der Waals surface area contributed by atoms with Crippen molar-refractivity contribution in [3.8, 4) is 0 Å². The van der Waals surface area contributed by atoms with Gasteiger partial charge in [0.25, 0.3) is 5.91 Å². The largest absolute Gasteiger partial charge is 0.356 e. The number of rotatable bonds is 2. The van der Waals surface area contributed by atoms with Crippen LogP contribution in [0.25, 0.3) is 0 Å². The van der Waals surface area contributed by atoms with Gasteiger partial charge >= 0.3 is 0 Å². The predicted molar refractivity (Wildman–Crippen MR) is 88.8 cm³/mol. The second-order valence-corrected chi connectivity index (χ2v) is 6.20. The van der Waals surface area contributed by atoms with Gasteiger partial charge in [0, 0.05) is 50.6 Å². The van der Waals surface area contributed by atoms with Crippen molar-refractivity contribution in [2.45, 2.75) is 25.7 Å². The summed E-state index contributed by atoms with van der Waals surface area (Å²) in [6.45, 7) is 3.44. The van der Waals surface area contributed by atoms with Gasteiger partial charge in [0.2, 0.25) is 0 Å². The molecule has 2 aromatic rings. The van der Waals surface area contributed by atoms with E-state index < -0.39 is 0 Å². The molecule has 1 saturated heterocycles. The zero-order valence-corrected chi connectivity index (χ0v) is 13.6. The number of carbonyl (C=O) groups excluding carboxylic acids is 1. The van der Waals surface area contributed by atoms with Crippen LogP contribution < -0.4 is 4.90 Å². The second kappa shape index (κ2) is 6.51. The molecule has 2 aliphatic heterocycles. The minimum Gasteiger partial charge on any atom is -0.356 e. The summed E-state index contributed by atoms with van der Waals surface area (Å²) in [5.41, 5.74) is 2.67. The normalized spacial score (nSPS) is 17.5. The Morgan fingerprint density at radius 3 is 2.58 bits per heavy atom. The Labute approximate surface area is 140 Å². The Balaban J connectivity index is 1.56. The lowest BCUT2D eigenvalue weighted by Crippen LogP contribution is -2.34. The molecule has 1 amide bonds. The number of nitrogens with zero attached hydrogens (tertiary/aromatic N) is 6. The van der Waals surface area contributed by atoms with E-state index >= 15 is 0 Å². The highest BCUT2D eigenvalue weighted by atomic mass is 16.2. The van der Waals surface area contributed by atoms with Crippen LogP contribution in [0.1, 0.15) is 34.6 Å². The molecule has 0 radical (unpaired) electrons. The van der Waals surface area contributed by atoms with Gasteiger partial charge in [0.05, 0.1) is 11.9 Å². The summed E-state index contributed by atoms with van der Waals surface area (Å²) in [7, 11) is 0. The fraction of sp³-hybridized carbons (Fsp3) is 0.471. The molecule has 0 aliphatic carbocycles. The number of hydrogen-bond donors (Lipinski definition) is 0. The first-order valence-electron chi connectivity index (χ1n) is 8.46. The molecule has 0 atom stereocenters. The van der Waals surface area contributed by atoms with E-state index in [0.29, 0.717) is 18.8 Å². The molecule has 24 heavy (non-hydrogen) atoms. The standard InChI is InChI=1S/C17H20N6O/c24-17(15-11-18-5-6-19-15)23-9-3-13-14(4-10-23)20-12-21-16(13)22-7-1-2-8-22/h5-6,11-12H,1-4,7-10H2. The van der Waals surface area contributed by atoms with Gasteiger partial charge < -0.3 is 9.80 Å². The minimum absolute atomic E-state index is 0.0633. The van der Waals surface area contributed by atoms with Crippen LogP contribution >= 0.6 is 0 Å². The fourth-order valence-corrected chi connectivity index (χ4v) is 3.49. The van der Waals surface area contributed by atoms with Gasteiger partial charge in [-0.2, -0.15) is 0 Å². The van der Waals surface area contributed by atoms with Gasteiger partial charge in [-0.05, 0) is 19.3 Å². The summed E-state index contributed by atoms with van der Waals surface area (Å²) in [6.07, 6.45) is 10.3. The molecule has 4 rings (SSSR count). The molecule has 0 bridgehead atoms. The average Bonchev–Trinajstić information content (AvgIpc) is 3.08. The van der Waals surface area contributed by atoms with E-state index in [0.717, 1.165) is 37.4 Å². The predicted octanol–water partition coefficient (Wildman–Crippen LogP) is 1.11. The Morgan fingerprint density at radius 1 is 0.958 bits per heavy atom. The highest BCUT2D eigenvalue weighted by molar-refractivity contribution is 5.92. The summed E-state index contributed by atoms with van der Waals surface area (Å²) >= 11 is 0. The molecular formula is C17H20N6O. The first-order valence-corrected chi connectivity index (χ1v) is 8.46. The molecule has 0 spiro atoms. The molecule has 2 aromatic heterocycles. The average molecular weight is 324 g/mol. The lowest BCUT2D eigenvalue weighted by atomic mass is 10.1. The summed E-state index contributed by atoms with van der Waals surface area (Å²) in [5, 5.41) is 0. The smallest absolute Gasteiger partial charge is 0.274 e. The van der Waals surface area contributed by atoms with Crippen LogP contribution in [0.2, 0.25) is 0 Å². The summed E-state index contributed by atoms with van der Waals surface area (Å²) in [5.74, 6) is 0.998. The summed E-state index contributed by atoms with van der Waals surface area (Å²) in [4.78, 5) is 33.9. The van der Waals surface area contributed by atoms with Crippen LogP contribution in [0.15, 0.2) is 24.9 Å². The molecule has 7 heteroatoms. The van der Waals surface area contributed by atoms with Gasteiger partial charge in [-0.25, -0.2) is 15.0 Å². The first kappa shape index (κ1) is 15.0. The van der Waals surface area contributed by atoms with Gasteiger partial charge in [-0.15, -0.1) is 0 Å². The quantitative estimate of drug-likeness (QED) is 0.824. The lowest BCUT2D eigenvalue weighted by Gasteiger charge is -2.21. The monoisotopic (exact) mass is 324 g/mol. The molecule has 0 unspecified atom stereocenters. The van der Waals surface area contributed by atoms with E-state index in [4.69, 9.17) is 0 Å². The molecule has 4 heterocycles. The van der Waals surface area contributed by atoms with E-state index in [1.165, 1.54) is 24.6 Å². The van der Waals surface area contributed by atoms with Crippen molar-refractivity contribution in [3.05, 3.63) is 41.9 Å². The Bertz CT molecular complexity index is 729. The van der Waals surface area contributed by atoms with E-state index in [2.05, 4.69) is 24.8 Å². The van der Waals surface area contributed by atoms with Gasteiger partial charge in [-0.3, -0.25) is 9.78 Å². The highest BCUT2D eigenvalue weighted by Gasteiger charge is 2.25. The van der Waals surface area contributed by atoms with Crippen molar-refractivity contribution in [1.29, 1.82) is 0 Å². The SMILES string of the molecule is O=C(c1cnccn1)N1CCc2ncnc(N3CCCC3)c2CC1. The fourth-order valence-electron chi connectivity index (χ4n) is 3.49. The van der Waals surface area contributed by atoms with Crippen molar-refractivity contribution in [1.82, 2.24) is 24.8 Å². The lowest BCUT2D eigenvalue weighted by molar-refractivity contribution is 0.0756.